The third-order valence-electron chi connectivity index (χ3n) is 3.67. The molecule has 0 spiro atoms. The van der Waals surface area contributed by atoms with Crippen molar-refractivity contribution in [1.29, 1.82) is 0 Å². The number of rotatable bonds is 5. The van der Waals surface area contributed by atoms with E-state index in [9.17, 15) is 0 Å². The van der Waals surface area contributed by atoms with Gasteiger partial charge in [-0.15, -0.1) is 0 Å². The number of nitrogens with one attached hydrogen (secondary N) is 1. The van der Waals surface area contributed by atoms with Gasteiger partial charge in [0.2, 0.25) is 5.89 Å². The summed E-state index contributed by atoms with van der Waals surface area (Å²) >= 11 is 0. The second-order valence-corrected chi connectivity index (χ2v) is 5.76. The summed E-state index contributed by atoms with van der Waals surface area (Å²) in [6.07, 6.45) is 0. The molecule has 0 saturated heterocycles. The number of hydrogen-bond donors (Lipinski definition) is 1. The first-order valence-electron chi connectivity index (χ1n) is 7.97. The van der Waals surface area contributed by atoms with Crippen LogP contribution in [0.5, 0.6) is 0 Å². The van der Waals surface area contributed by atoms with Crippen LogP contribution in [-0.4, -0.2) is 29.4 Å². The largest absolute Gasteiger partial charge is 0.444 e. The maximum Gasteiger partial charge on any atom is 0.216 e. The van der Waals surface area contributed by atoms with Gasteiger partial charge in [-0.2, -0.15) is 0 Å². The van der Waals surface area contributed by atoms with Crippen molar-refractivity contribution in [3.05, 3.63) is 52.7 Å². The fraction of sp³-hybridized carbons (Fsp3) is 0.444. The second-order valence-electron chi connectivity index (χ2n) is 5.76. The van der Waals surface area contributed by atoms with Crippen LogP contribution in [0.3, 0.4) is 0 Å². The van der Waals surface area contributed by atoms with Crippen LogP contribution in [0.2, 0.25) is 0 Å². The number of benzene rings is 1. The Morgan fingerprint density at radius 1 is 1.22 bits per heavy atom. The molecule has 0 saturated carbocycles. The van der Waals surface area contributed by atoms with E-state index in [1.807, 2.05) is 20.9 Å². The lowest BCUT2D eigenvalue weighted by atomic mass is 10.1. The second kappa shape index (κ2) is 7.81. The van der Waals surface area contributed by atoms with Crippen molar-refractivity contribution in [2.24, 2.45) is 4.99 Å². The van der Waals surface area contributed by atoms with E-state index >= 15 is 0 Å². The highest BCUT2D eigenvalue weighted by molar-refractivity contribution is 5.79. The lowest BCUT2D eigenvalue weighted by Crippen LogP contribution is -2.38. The van der Waals surface area contributed by atoms with E-state index in [1.54, 1.807) is 0 Å². The molecule has 5 nitrogen and oxygen atoms in total. The van der Waals surface area contributed by atoms with Gasteiger partial charge in [0.05, 0.1) is 5.69 Å². The van der Waals surface area contributed by atoms with E-state index in [0.717, 1.165) is 30.5 Å². The Hall–Kier alpha value is -2.30. The number of aryl methyl sites for hydroxylation is 3. The fourth-order valence-corrected chi connectivity index (χ4v) is 2.26. The number of aromatic nitrogens is 1. The van der Waals surface area contributed by atoms with Crippen LogP contribution in [0.4, 0.5) is 0 Å². The first-order chi connectivity index (χ1) is 11.0. The normalized spacial score (nSPS) is 11.6. The van der Waals surface area contributed by atoms with Crippen molar-refractivity contribution in [2.45, 2.75) is 40.8 Å². The Bertz CT molecular complexity index is 639. The van der Waals surface area contributed by atoms with Gasteiger partial charge in [-0.3, -0.25) is 0 Å². The van der Waals surface area contributed by atoms with Crippen LogP contribution in [0, 0.1) is 20.8 Å². The summed E-state index contributed by atoms with van der Waals surface area (Å²) in [5.41, 5.74) is 3.45. The van der Waals surface area contributed by atoms with Crippen molar-refractivity contribution in [2.75, 3.05) is 13.6 Å². The van der Waals surface area contributed by atoms with Gasteiger partial charge in [0.15, 0.2) is 5.96 Å². The molecule has 5 heteroatoms. The summed E-state index contributed by atoms with van der Waals surface area (Å²) in [6, 6.07) is 8.56. The summed E-state index contributed by atoms with van der Waals surface area (Å²) in [5.74, 6) is 2.36. The summed E-state index contributed by atoms with van der Waals surface area (Å²) < 4.78 is 5.59. The van der Waals surface area contributed by atoms with E-state index in [0.29, 0.717) is 12.4 Å². The minimum Gasteiger partial charge on any atom is -0.444 e. The van der Waals surface area contributed by atoms with Gasteiger partial charge in [-0.25, -0.2) is 9.98 Å². The Morgan fingerprint density at radius 2 is 1.91 bits per heavy atom. The summed E-state index contributed by atoms with van der Waals surface area (Å²) in [7, 11) is 2.04. The molecular formula is C18H26N4O. The number of guanidine groups is 1. The van der Waals surface area contributed by atoms with Crippen molar-refractivity contribution < 1.29 is 4.42 Å². The van der Waals surface area contributed by atoms with E-state index < -0.39 is 0 Å². The topological polar surface area (TPSA) is 53.7 Å². The minimum atomic E-state index is 0.440. The van der Waals surface area contributed by atoms with Crippen molar-refractivity contribution >= 4 is 5.96 Å². The standard InChI is InChI=1S/C18H26N4O/c1-6-19-18(20-11-17-21-14(3)15(4)23-17)22(5)12-16-9-7-13(2)8-10-16/h7-10H,6,11-12H2,1-5H3,(H,19,20). The molecule has 0 radical (unpaired) electrons. The molecule has 0 atom stereocenters. The van der Waals surface area contributed by atoms with Crippen molar-refractivity contribution in [1.82, 2.24) is 15.2 Å². The third-order valence-corrected chi connectivity index (χ3v) is 3.67. The van der Waals surface area contributed by atoms with Crippen LogP contribution in [0.1, 0.15) is 35.4 Å². The number of nitrogens with zero attached hydrogens (tertiary/aromatic N) is 3. The Morgan fingerprint density at radius 3 is 2.48 bits per heavy atom. The first kappa shape index (κ1) is 17.1. The summed E-state index contributed by atoms with van der Waals surface area (Å²) in [6.45, 7) is 10.1. The molecule has 2 aromatic rings. The molecule has 0 fully saturated rings. The molecule has 0 amide bonds. The average Bonchev–Trinajstić information content (AvgIpc) is 2.84. The van der Waals surface area contributed by atoms with Gasteiger partial charge in [0, 0.05) is 20.1 Å². The van der Waals surface area contributed by atoms with Crippen LogP contribution in [-0.2, 0) is 13.1 Å². The van der Waals surface area contributed by atoms with Gasteiger partial charge in [0.1, 0.15) is 12.3 Å². The number of hydrogen-bond acceptors (Lipinski definition) is 3. The molecule has 2 rings (SSSR count). The molecule has 0 bridgehead atoms. The molecule has 0 aliphatic carbocycles. The smallest absolute Gasteiger partial charge is 0.216 e. The lowest BCUT2D eigenvalue weighted by molar-refractivity contribution is 0.458. The predicted molar refractivity (Wildman–Crippen MR) is 93.4 cm³/mol. The third kappa shape index (κ3) is 4.84. The predicted octanol–water partition coefficient (Wildman–Crippen LogP) is 3.20. The monoisotopic (exact) mass is 314 g/mol. The Kier molecular flexibility index (Phi) is 5.79. The highest BCUT2D eigenvalue weighted by Gasteiger charge is 2.09. The van der Waals surface area contributed by atoms with Gasteiger partial charge < -0.3 is 14.6 Å². The highest BCUT2D eigenvalue weighted by atomic mass is 16.4. The molecule has 1 aromatic carbocycles. The quantitative estimate of drug-likeness (QED) is 0.680. The molecule has 0 unspecified atom stereocenters. The van der Waals surface area contributed by atoms with Crippen LogP contribution in [0.15, 0.2) is 33.7 Å². The molecule has 1 heterocycles. The van der Waals surface area contributed by atoms with Gasteiger partial charge in [-0.1, -0.05) is 29.8 Å². The average molecular weight is 314 g/mol. The fourth-order valence-electron chi connectivity index (χ4n) is 2.26. The maximum atomic E-state index is 5.59. The zero-order valence-electron chi connectivity index (χ0n) is 14.7. The SMILES string of the molecule is CCNC(=NCc1nc(C)c(C)o1)N(C)Cc1ccc(C)cc1. The molecule has 124 valence electrons. The number of oxazole rings is 1. The van der Waals surface area contributed by atoms with E-state index in [4.69, 9.17) is 4.42 Å². The molecule has 1 aromatic heterocycles. The molecule has 0 aliphatic heterocycles. The molecule has 0 aliphatic rings. The molecular weight excluding hydrogens is 288 g/mol. The lowest BCUT2D eigenvalue weighted by Gasteiger charge is -2.22. The highest BCUT2D eigenvalue weighted by Crippen LogP contribution is 2.10. The molecule has 1 N–H and O–H groups in total. The van der Waals surface area contributed by atoms with Gasteiger partial charge in [-0.05, 0) is 33.3 Å². The van der Waals surface area contributed by atoms with E-state index in [2.05, 4.69) is 58.3 Å². The van der Waals surface area contributed by atoms with Gasteiger partial charge >= 0.3 is 0 Å². The maximum absolute atomic E-state index is 5.59. The van der Waals surface area contributed by atoms with E-state index in [1.165, 1.54) is 11.1 Å². The summed E-state index contributed by atoms with van der Waals surface area (Å²) in [4.78, 5) is 11.1. The zero-order valence-corrected chi connectivity index (χ0v) is 14.7. The molecule has 23 heavy (non-hydrogen) atoms. The first-order valence-corrected chi connectivity index (χ1v) is 7.97. The zero-order chi connectivity index (χ0) is 16.8. The number of aliphatic imine (C=N–C) groups is 1. The van der Waals surface area contributed by atoms with E-state index in [-0.39, 0.29) is 0 Å². The minimum absolute atomic E-state index is 0.440. The Labute approximate surface area is 138 Å². The van der Waals surface area contributed by atoms with Gasteiger partial charge in [0.25, 0.3) is 0 Å². The van der Waals surface area contributed by atoms with Crippen LogP contribution < -0.4 is 5.32 Å². The Balaban J connectivity index is 2.06. The van der Waals surface area contributed by atoms with Crippen molar-refractivity contribution in [3.63, 3.8) is 0 Å². The van der Waals surface area contributed by atoms with Crippen molar-refractivity contribution in [3.8, 4) is 0 Å². The summed E-state index contributed by atoms with van der Waals surface area (Å²) in [5, 5.41) is 3.31. The van der Waals surface area contributed by atoms with Crippen LogP contribution in [0.25, 0.3) is 0 Å². The van der Waals surface area contributed by atoms with Crippen LogP contribution >= 0.6 is 0 Å².